The van der Waals surface area contributed by atoms with Gasteiger partial charge in [0.25, 0.3) is 0 Å². The lowest BCUT2D eigenvalue weighted by Gasteiger charge is -2.18. The van der Waals surface area contributed by atoms with Crippen LogP contribution in [-0.2, 0) is 20.8 Å². The molecule has 1 amide bonds. The Morgan fingerprint density at radius 3 is 2.76 bits per heavy atom. The molecule has 1 aromatic carbocycles. The van der Waals surface area contributed by atoms with Gasteiger partial charge in [0.15, 0.2) is 0 Å². The van der Waals surface area contributed by atoms with E-state index in [2.05, 4.69) is 15.5 Å². The molecule has 21 heavy (non-hydrogen) atoms. The molecule has 0 bridgehead atoms. The van der Waals surface area contributed by atoms with Gasteiger partial charge in [-0.15, -0.1) is 0 Å². The Labute approximate surface area is 122 Å². The molecule has 0 spiro atoms. The fraction of sp³-hybridized carbons (Fsp3) is 0.500. The summed E-state index contributed by atoms with van der Waals surface area (Å²) in [6, 6.07) is 7.41. The van der Waals surface area contributed by atoms with E-state index >= 15 is 0 Å². The van der Waals surface area contributed by atoms with Gasteiger partial charge in [-0.25, -0.2) is 0 Å². The molecule has 1 aromatic heterocycles. The Morgan fingerprint density at radius 1 is 1.38 bits per heavy atom. The van der Waals surface area contributed by atoms with Crippen molar-refractivity contribution in [3.8, 4) is 0 Å². The summed E-state index contributed by atoms with van der Waals surface area (Å²) in [4.78, 5) is 13.5. The summed E-state index contributed by atoms with van der Waals surface area (Å²) in [6.07, 6.45) is -0.0800. The lowest BCUT2D eigenvalue weighted by molar-refractivity contribution is -0.123. The maximum Gasteiger partial charge on any atom is 0.243 e. The van der Waals surface area contributed by atoms with Crippen LogP contribution in [0.15, 0.2) is 24.3 Å². The fourth-order valence-electron chi connectivity index (χ4n) is 2.40. The molecule has 0 unspecified atom stereocenters. The summed E-state index contributed by atoms with van der Waals surface area (Å²) in [7, 11) is 0. The molecule has 0 saturated carbocycles. The third-order valence-electron chi connectivity index (χ3n) is 3.37. The fourth-order valence-corrected chi connectivity index (χ4v) is 2.40. The second-order valence-electron chi connectivity index (χ2n) is 4.92. The molecule has 1 fully saturated rings. The highest BCUT2D eigenvalue weighted by atomic mass is 16.5. The average molecular weight is 290 g/mol. The van der Waals surface area contributed by atoms with E-state index in [1.54, 1.807) is 0 Å². The molecule has 7 heteroatoms. The number of benzene rings is 1. The quantitative estimate of drug-likeness (QED) is 0.859. The monoisotopic (exact) mass is 290 g/mol. The minimum atomic E-state index is -0.143. The van der Waals surface area contributed by atoms with Crippen LogP contribution in [0.5, 0.6) is 0 Å². The first-order chi connectivity index (χ1) is 10.3. The summed E-state index contributed by atoms with van der Waals surface area (Å²) < 4.78 is 10.9. The van der Waals surface area contributed by atoms with Crippen LogP contribution >= 0.6 is 0 Å². The highest BCUT2D eigenvalue weighted by molar-refractivity contribution is 5.77. The van der Waals surface area contributed by atoms with Crippen molar-refractivity contribution in [1.82, 2.24) is 20.3 Å². The van der Waals surface area contributed by atoms with Gasteiger partial charge in [0, 0.05) is 6.61 Å². The molecule has 1 saturated heterocycles. The van der Waals surface area contributed by atoms with Crippen molar-refractivity contribution in [2.24, 2.45) is 0 Å². The van der Waals surface area contributed by atoms with Gasteiger partial charge in [-0.05, 0) is 19.1 Å². The summed E-state index contributed by atoms with van der Waals surface area (Å²) in [6.45, 7) is 3.61. The molecule has 7 nitrogen and oxygen atoms in total. The molecule has 2 atom stereocenters. The van der Waals surface area contributed by atoms with Crippen molar-refractivity contribution < 1.29 is 14.3 Å². The number of fused-ring (bicyclic) bond motifs is 1. The van der Waals surface area contributed by atoms with Gasteiger partial charge in [0.05, 0.1) is 19.3 Å². The van der Waals surface area contributed by atoms with Crippen molar-refractivity contribution in [2.75, 3.05) is 19.8 Å². The normalized spacial score (nSPS) is 21.8. The first kappa shape index (κ1) is 14.0. The van der Waals surface area contributed by atoms with Crippen molar-refractivity contribution in [3.63, 3.8) is 0 Å². The van der Waals surface area contributed by atoms with Crippen LogP contribution in [-0.4, -0.2) is 52.9 Å². The van der Waals surface area contributed by atoms with E-state index in [0.717, 1.165) is 11.0 Å². The highest BCUT2D eigenvalue weighted by Gasteiger charge is 2.30. The zero-order chi connectivity index (χ0) is 14.7. The van der Waals surface area contributed by atoms with Crippen molar-refractivity contribution in [3.05, 3.63) is 24.3 Å². The zero-order valence-electron chi connectivity index (χ0n) is 11.9. The van der Waals surface area contributed by atoms with Crippen LogP contribution in [0, 0.1) is 0 Å². The zero-order valence-corrected chi connectivity index (χ0v) is 11.9. The minimum Gasteiger partial charge on any atom is -0.376 e. The maximum atomic E-state index is 12.1. The largest absolute Gasteiger partial charge is 0.376 e. The molecule has 0 radical (unpaired) electrons. The van der Waals surface area contributed by atoms with Gasteiger partial charge in [-0.2, -0.15) is 15.0 Å². The Hall–Kier alpha value is -1.99. The van der Waals surface area contributed by atoms with Crippen molar-refractivity contribution in [1.29, 1.82) is 0 Å². The minimum absolute atomic E-state index is 0.0800. The van der Waals surface area contributed by atoms with Crippen LogP contribution in [0.2, 0.25) is 0 Å². The summed E-state index contributed by atoms with van der Waals surface area (Å²) in [5, 5.41) is 11.4. The van der Waals surface area contributed by atoms with Gasteiger partial charge in [-0.1, -0.05) is 12.1 Å². The maximum absolute atomic E-state index is 12.1. The second-order valence-corrected chi connectivity index (χ2v) is 4.92. The predicted molar refractivity (Wildman–Crippen MR) is 75.7 cm³/mol. The smallest absolute Gasteiger partial charge is 0.243 e. The number of aromatic nitrogens is 3. The number of nitrogens with one attached hydrogen (secondary N) is 1. The van der Waals surface area contributed by atoms with E-state index in [1.807, 2.05) is 31.2 Å². The number of carbonyl (C=O) groups is 1. The highest BCUT2D eigenvalue weighted by Crippen LogP contribution is 2.10. The predicted octanol–water partition coefficient (Wildman–Crippen LogP) is 0.351. The first-order valence-electron chi connectivity index (χ1n) is 7.05. The van der Waals surface area contributed by atoms with E-state index in [4.69, 9.17) is 9.47 Å². The third kappa shape index (κ3) is 3.20. The average Bonchev–Trinajstić information content (AvgIpc) is 3.05. The standard InChI is InChI=1S/C14H18N4O3/c1-2-21-13-9-20-8-12(13)15-14(19)7-18-16-10-5-3-4-6-11(10)17-18/h3-6,12-13H,2,7-9H2,1H3,(H,15,19)/t12-,13-/m0/s1. The molecule has 1 aliphatic rings. The number of hydrogen-bond acceptors (Lipinski definition) is 5. The molecular weight excluding hydrogens is 272 g/mol. The Kier molecular flexibility index (Phi) is 4.12. The molecule has 3 rings (SSSR count). The lowest BCUT2D eigenvalue weighted by atomic mass is 10.2. The van der Waals surface area contributed by atoms with Gasteiger partial charge >= 0.3 is 0 Å². The molecular formula is C14H18N4O3. The topological polar surface area (TPSA) is 78.3 Å². The van der Waals surface area contributed by atoms with Crippen LogP contribution in [0.3, 0.4) is 0 Å². The first-order valence-corrected chi connectivity index (χ1v) is 7.05. The SMILES string of the molecule is CCO[C@H]1COC[C@@H]1NC(=O)Cn1nc2ccccc2n1. The Balaban J connectivity index is 1.61. The van der Waals surface area contributed by atoms with E-state index < -0.39 is 0 Å². The van der Waals surface area contributed by atoms with E-state index in [-0.39, 0.29) is 24.6 Å². The van der Waals surface area contributed by atoms with Gasteiger partial charge < -0.3 is 14.8 Å². The lowest BCUT2D eigenvalue weighted by Crippen LogP contribution is -2.45. The van der Waals surface area contributed by atoms with Crippen molar-refractivity contribution >= 4 is 16.9 Å². The van der Waals surface area contributed by atoms with E-state index in [1.165, 1.54) is 4.80 Å². The molecule has 1 aliphatic heterocycles. The van der Waals surface area contributed by atoms with Crippen LogP contribution in [0.1, 0.15) is 6.92 Å². The summed E-state index contributed by atoms with van der Waals surface area (Å²) in [5.41, 5.74) is 1.56. The number of rotatable bonds is 5. The number of hydrogen-bond donors (Lipinski definition) is 1. The van der Waals surface area contributed by atoms with E-state index in [9.17, 15) is 4.79 Å². The number of amides is 1. The summed E-state index contributed by atoms with van der Waals surface area (Å²) >= 11 is 0. The number of ether oxygens (including phenoxy) is 2. The Bertz CT molecular complexity index is 594. The molecule has 0 aliphatic carbocycles. The van der Waals surface area contributed by atoms with Gasteiger partial charge in [0.1, 0.15) is 23.7 Å². The number of carbonyl (C=O) groups excluding carboxylic acids is 1. The third-order valence-corrected chi connectivity index (χ3v) is 3.37. The summed E-state index contributed by atoms with van der Waals surface area (Å²) in [5.74, 6) is -0.143. The number of nitrogens with zero attached hydrogens (tertiary/aromatic N) is 3. The molecule has 1 N–H and O–H groups in total. The van der Waals surface area contributed by atoms with Gasteiger partial charge in [-0.3, -0.25) is 4.79 Å². The molecule has 112 valence electrons. The van der Waals surface area contributed by atoms with Crippen LogP contribution in [0.4, 0.5) is 0 Å². The van der Waals surface area contributed by atoms with Crippen LogP contribution in [0.25, 0.3) is 11.0 Å². The van der Waals surface area contributed by atoms with E-state index in [0.29, 0.717) is 19.8 Å². The molecule has 2 heterocycles. The van der Waals surface area contributed by atoms with Crippen LogP contribution < -0.4 is 5.32 Å². The Morgan fingerprint density at radius 2 is 2.10 bits per heavy atom. The molecule has 2 aromatic rings. The second kappa shape index (κ2) is 6.19. The van der Waals surface area contributed by atoms with Gasteiger partial charge in [0.2, 0.25) is 5.91 Å². The van der Waals surface area contributed by atoms with Crippen molar-refractivity contribution in [2.45, 2.75) is 25.6 Å².